The molecule has 1 saturated carbocycles. The van der Waals surface area contributed by atoms with E-state index in [9.17, 15) is 4.79 Å². The molecule has 0 aromatic carbocycles. The number of nitrogens with one attached hydrogen (secondary N) is 2. The van der Waals surface area contributed by atoms with Crippen molar-refractivity contribution in [3.8, 4) is 0 Å². The van der Waals surface area contributed by atoms with Crippen LogP contribution in [-0.2, 0) is 4.79 Å². The first-order valence-corrected chi connectivity index (χ1v) is 4.02. The van der Waals surface area contributed by atoms with Gasteiger partial charge in [0.05, 0.1) is 0 Å². The Bertz CT molecular complexity index is 161. The Kier molecular flexibility index (Phi) is 2.18. The van der Waals surface area contributed by atoms with E-state index in [1.807, 2.05) is 7.05 Å². The van der Waals surface area contributed by atoms with Gasteiger partial charge in [0.25, 0.3) is 0 Å². The minimum absolute atomic E-state index is 0.0551. The molecular weight excluding hydrogens is 140 g/mol. The maximum atomic E-state index is 10.7. The third-order valence-corrected chi connectivity index (χ3v) is 2.28. The molecule has 0 aromatic rings. The van der Waals surface area contributed by atoms with Crippen LogP contribution in [0.25, 0.3) is 0 Å². The smallest absolute Gasteiger partial charge is 0.217 e. The van der Waals surface area contributed by atoms with E-state index in [1.165, 1.54) is 0 Å². The van der Waals surface area contributed by atoms with Gasteiger partial charge in [0.15, 0.2) is 0 Å². The molecule has 64 valence electrons. The van der Waals surface area contributed by atoms with E-state index in [0.717, 1.165) is 12.8 Å². The Morgan fingerprint density at radius 1 is 1.55 bits per heavy atom. The second-order valence-electron chi connectivity index (χ2n) is 3.64. The van der Waals surface area contributed by atoms with Crippen LogP contribution in [0.1, 0.15) is 26.7 Å². The largest absolute Gasteiger partial charge is 0.351 e. The van der Waals surface area contributed by atoms with Crippen LogP contribution in [0.2, 0.25) is 0 Å². The zero-order valence-electron chi connectivity index (χ0n) is 7.40. The van der Waals surface area contributed by atoms with Gasteiger partial charge >= 0.3 is 0 Å². The summed E-state index contributed by atoms with van der Waals surface area (Å²) >= 11 is 0. The van der Waals surface area contributed by atoms with Gasteiger partial charge in [-0.15, -0.1) is 0 Å². The predicted octanol–water partition coefficient (Wildman–Crippen LogP) is 0.263. The fraction of sp³-hybridized carbons (Fsp3) is 0.875. The van der Waals surface area contributed by atoms with E-state index in [0.29, 0.717) is 6.04 Å². The van der Waals surface area contributed by atoms with E-state index in [2.05, 4.69) is 17.6 Å². The van der Waals surface area contributed by atoms with Gasteiger partial charge < -0.3 is 10.6 Å². The van der Waals surface area contributed by atoms with Crippen molar-refractivity contribution in [2.45, 2.75) is 38.3 Å². The zero-order chi connectivity index (χ0) is 8.48. The fourth-order valence-corrected chi connectivity index (χ4v) is 1.76. The highest BCUT2D eigenvalue weighted by Crippen LogP contribution is 2.31. The molecule has 1 amide bonds. The lowest BCUT2D eigenvalue weighted by molar-refractivity contribution is -0.121. The first-order chi connectivity index (χ1) is 5.06. The third kappa shape index (κ3) is 1.93. The molecule has 0 aliphatic heterocycles. The van der Waals surface area contributed by atoms with Crippen molar-refractivity contribution in [3.63, 3.8) is 0 Å². The number of hydrogen-bond donors (Lipinski definition) is 2. The van der Waals surface area contributed by atoms with Crippen molar-refractivity contribution in [1.29, 1.82) is 0 Å². The lowest BCUT2D eigenvalue weighted by Crippen LogP contribution is -2.60. The minimum Gasteiger partial charge on any atom is -0.351 e. The minimum atomic E-state index is 0.0551. The summed E-state index contributed by atoms with van der Waals surface area (Å²) in [6.07, 6.45) is 2.09. The Morgan fingerprint density at radius 2 is 2.09 bits per heavy atom. The molecule has 0 heterocycles. The van der Waals surface area contributed by atoms with Crippen LogP contribution in [0.3, 0.4) is 0 Å². The van der Waals surface area contributed by atoms with Crippen LogP contribution < -0.4 is 10.6 Å². The van der Waals surface area contributed by atoms with Crippen LogP contribution in [0.15, 0.2) is 0 Å². The summed E-state index contributed by atoms with van der Waals surface area (Å²) < 4.78 is 0. The van der Waals surface area contributed by atoms with Gasteiger partial charge in [-0.05, 0) is 26.8 Å². The van der Waals surface area contributed by atoms with Crippen molar-refractivity contribution in [3.05, 3.63) is 0 Å². The third-order valence-electron chi connectivity index (χ3n) is 2.28. The highest BCUT2D eigenvalue weighted by atomic mass is 16.1. The van der Waals surface area contributed by atoms with E-state index in [4.69, 9.17) is 0 Å². The average molecular weight is 156 g/mol. The van der Waals surface area contributed by atoms with Crippen molar-refractivity contribution in [2.24, 2.45) is 0 Å². The lowest BCUT2D eigenvalue weighted by atomic mass is 9.74. The molecule has 0 saturated heterocycles. The van der Waals surface area contributed by atoms with Gasteiger partial charge in [0, 0.05) is 18.5 Å². The van der Waals surface area contributed by atoms with Crippen molar-refractivity contribution in [1.82, 2.24) is 10.6 Å². The summed E-state index contributed by atoms with van der Waals surface area (Å²) in [5, 5.41) is 6.12. The zero-order valence-corrected chi connectivity index (χ0v) is 7.40. The second kappa shape index (κ2) is 2.81. The van der Waals surface area contributed by atoms with E-state index >= 15 is 0 Å². The van der Waals surface area contributed by atoms with Crippen LogP contribution in [0.4, 0.5) is 0 Å². The van der Waals surface area contributed by atoms with Crippen LogP contribution >= 0.6 is 0 Å². The quantitative estimate of drug-likeness (QED) is 0.602. The standard InChI is InChI=1S/C8H16N2O/c1-6(11)10-8(2)4-7(5-8)9-3/h7,9H,4-5H2,1-3H3,(H,10,11). The maximum Gasteiger partial charge on any atom is 0.217 e. The second-order valence-corrected chi connectivity index (χ2v) is 3.64. The maximum absolute atomic E-state index is 10.7. The summed E-state index contributed by atoms with van der Waals surface area (Å²) in [6.45, 7) is 3.65. The number of carbonyl (C=O) groups excluding carboxylic acids is 1. The molecular formula is C8H16N2O. The molecule has 1 rings (SSSR count). The molecule has 0 atom stereocenters. The molecule has 0 aromatic heterocycles. The molecule has 0 bridgehead atoms. The Labute approximate surface area is 67.5 Å². The van der Waals surface area contributed by atoms with Gasteiger partial charge in [-0.2, -0.15) is 0 Å². The van der Waals surface area contributed by atoms with Gasteiger partial charge in [-0.25, -0.2) is 0 Å². The van der Waals surface area contributed by atoms with Crippen LogP contribution in [-0.4, -0.2) is 24.5 Å². The molecule has 0 spiro atoms. The molecule has 1 aliphatic rings. The number of amides is 1. The first kappa shape index (κ1) is 8.53. The van der Waals surface area contributed by atoms with E-state index in [1.54, 1.807) is 6.92 Å². The lowest BCUT2D eigenvalue weighted by Gasteiger charge is -2.45. The van der Waals surface area contributed by atoms with Crippen molar-refractivity contribution >= 4 is 5.91 Å². The van der Waals surface area contributed by atoms with Gasteiger partial charge in [-0.1, -0.05) is 0 Å². The Hall–Kier alpha value is -0.570. The molecule has 1 aliphatic carbocycles. The van der Waals surface area contributed by atoms with Crippen LogP contribution in [0.5, 0.6) is 0 Å². The highest BCUT2D eigenvalue weighted by Gasteiger charge is 2.39. The summed E-state index contributed by atoms with van der Waals surface area (Å²) in [5.74, 6) is 0.0713. The predicted molar refractivity (Wildman–Crippen MR) is 44.3 cm³/mol. The normalized spacial score (nSPS) is 36.1. The highest BCUT2D eigenvalue weighted by molar-refractivity contribution is 5.74. The topological polar surface area (TPSA) is 41.1 Å². The summed E-state index contributed by atoms with van der Waals surface area (Å²) in [7, 11) is 1.96. The molecule has 3 nitrogen and oxygen atoms in total. The molecule has 3 heteroatoms. The molecule has 11 heavy (non-hydrogen) atoms. The van der Waals surface area contributed by atoms with E-state index < -0.39 is 0 Å². The molecule has 1 fully saturated rings. The summed E-state index contributed by atoms with van der Waals surface area (Å²) in [5.41, 5.74) is 0.0551. The number of hydrogen-bond acceptors (Lipinski definition) is 2. The van der Waals surface area contributed by atoms with Crippen LogP contribution in [0, 0.1) is 0 Å². The number of carbonyl (C=O) groups is 1. The Morgan fingerprint density at radius 3 is 2.45 bits per heavy atom. The SMILES string of the molecule is CNC1CC(C)(NC(C)=O)C1. The first-order valence-electron chi connectivity index (χ1n) is 4.02. The summed E-state index contributed by atoms with van der Waals surface area (Å²) in [6, 6.07) is 0.590. The fourth-order valence-electron chi connectivity index (χ4n) is 1.76. The molecule has 0 unspecified atom stereocenters. The molecule has 0 radical (unpaired) electrons. The van der Waals surface area contributed by atoms with Crippen molar-refractivity contribution in [2.75, 3.05) is 7.05 Å². The van der Waals surface area contributed by atoms with Crippen molar-refractivity contribution < 1.29 is 4.79 Å². The Balaban J connectivity index is 2.31. The van der Waals surface area contributed by atoms with Gasteiger partial charge in [0.2, 0.25) is 5.91 Å². The monoisotopic (exact) mass is 156 g/mol. The average Bonchev–Trinajstić information content (AvgIpc) is 1.80. The van der Waals surface area contributed by atoms with E-state index in [-0.39, 0.29) is 11.4 Å². The molecule has 2 N–H and O–H groups in total. The number of rotatable bonds is 2. The summed E-state index contributed by atoms with van der Waals surface area (Å²) in [4.78, 5) is 10.7. The van der Waals surface area contributed by atoms with Gasteiger partial charge in [-0.3, -0.25) is 4.79 Å². The van der Waals surface area contributed by atoms with Gasteiger partial charge in [0.1, 0.15) is 0 Å².